The highest BCUT2D eigenvalue weighted by molar-refractivity contribution is 5.86. The van der Waals surface area contributed by atoms with Gasteiger partial charge in [-0.1, -0.05) is 33.6 Å². The standard InChI is InChI=1S/C14H27N3O2/c1-10(2)12(18)16-7-8-17-13(19)14(15)6-4-5-11(3)9-14/h10-11H,4-9,15H2,1-3H3,(H,16,18)(H,17,19). The molecule has 0 aromatic rings. The van der Waals surface area contributed by atoms with Gasteiger partial charge in [-0.3, -0.25) is 9.59 Å². The normalized spacial score (nSPS) is 27.1. The minimum Gasteiger partial charge on any atom is -0.354 e. The van der Waals surface area contributed by atoms with E-state index in [1.54, 1.807) is 0 Å². The maximum atomic E-state index is 12.1. The van der Waals surface area contributed by atoms with E-state index in [-0.39, 0.29) is 17.7 Å². The molecule has 2 atom stereocenters. The summed E-state index contributed by atoms with van der Waals surface area (Å²) >= 11 is 0. The van der Waals surface area contributed by atoms with E-state index in [1.807, 2.05) is 13.8 Å². The first-order valence-electron chi connectivity index (χ1n) is 7.20. The highest BCUT2D eigenvalue weighted by Gasteiger charge is 2.37. The van der Waals surface area contributed by atoms with E-state index < -0.39 is 5.54 Å². The number of amides is 2. The van der Waals surface area contributed by atoms with Gasteiger partial charge >= 0.3 is 0 Å². The molecule has 2 amide bonds. The van der Waals surface area contributed by atoms with Crippen molar-refractivity contribution < 1.29 is 9.59 Å². The summed E-state index contributed by atoms with van der Waals surface area (Å²) in [6.07, 6.45) is 3.66. The van der Waals surface area contributed by atoms with Gasteiger partial charge in [0.1, 0.15) is 0 Å². The molecule has 0 aliphatic heterocycles. The Morgan fingerprint density at radius 3 is 2.53 bits per heavy atom. The highest BCUT2D eigenvalue weighted by atomic mass is 16.2. The van der Waals surface area contributed by atoms with E-state index in [2.05, 4.69) is 17.6 Å². The molecule has 0 aromatic heterocycles. The first kappa shape index (κ1) is 16.0. The summed E-state index contributed by atoms with van der Waals surface area (Å²) in [5.74, 6) is 0.390. The first-order chi connectivity index (χ1) is 8.85. The Kier molecular flexibility index (Phi) is 5.79. The molecule has 19 heavy (non-hydrogen) atoms. The molecular formula is C14H27N3O2. The Morgan fingerprint density at radius 1 is 1.32 bits per heavy atom. The van der Waals surface area contributed by atoms with Crippen molar-refractivity contribution in [1.82, 2.24) is 10.6 Å². The Balaban J connectivity index is 2.29. The molecule has 2 unspecified atom stereocenters. The third-order valence-corrected chi connectivity index (χ3v) is 3.72. The van der Waals surface area contributed by atoms with Crippen LogP contribution in [0, 0.1) is 11.8 Å². The molecule has 1 saturated carbocycles. The summed E-state index contributed by atoms with van der Waals surface area (Å²) in [6, 6.07) is 0. The van der Waals surface area contributed by atoms with Gasteiger partial charge in [-0.15, -0.1) is 0 Å². The van der Waals surface area contributed by atoms with Crippen LogP contribution in [0.3, 0.4) is 0 Å². The molecule has 110 valence electrons. The first-order valence-corrected chi connectivity index (χ1v) is 7.20. The SMILES string of the molecule is CC1CCCC(N)(C(=O)NCCNC(=O)C(C)C)C1. The lowest BCUT2D eigenvalue weighted by Gasteiger charge is -2.35. The average molecular weight is 269 g/mol. The maximum absolute atomic E-state index is 12.1. The third-order valence-electron chi connectivity index (χ3n) is 3.72. The minimum absolute atomic E-state index is 0.00278. The molecule has 1 aliphatic rings. The second kappa shape index (κ2) is 6.89. The molecular weight excluding hydrogens is 242 g/mol. The molecule has 0 heterocycles. The second-order valence-electron chi connectivity index (χ2n) is 6.06. The molecule has 5 heteroatoms. The predicted molar refractivity (Wildman–Crippen MR) is 75.4 cm³/mol. The van der Waals surface area contributed by atoms with Crippen LogP contribution in [0.4, 0.5) is 0 Å². The van der Waals surface area contributed by atoms with Gasteiger partial charge in [0.15, 0.2) is 0 Å². The summed E-state index contributed by atoms with van der Waals surface area (Å²) in [7, 11) is 0. The molecule has 1 aliphatic carbocycles. The van der Waals surface area contributed by atoms with Crippen LogP contribution in [-0.4, -0.2) is 30.4 Å². The topological polar surface area (TPSA) is 84.2 Å². The van der Waals surface area contributed by atoms with Crippen LogP contribution in [0.5, 0.6) is 0 Å². The van der Waals surface area contributed by atoms with E-state index in [1.165, 1.54) is 0 Å². The molecule has 0 aromatic carbocycles. The van der Waals surface area contributed by atoms with Gasteiger partial charge in [0, 0.05) is 19.0 Å². The van der Waals surface area contributed by atoms with Gasteiger partial charge < -0.3 is 16.4 Å². The monoisotopic (exact) mass is 269 g/mol. The lowest BCUT2D eigenvalue weighted by molar-refractivity contribution is -0.128. The van der Waals surface area contributed by atoms with Crippen molar-refractivity contribution >= 4 is 11.8 Å². The zero-order valence-corrected chi connectivity index (χ0v) is 12.3. The van der Waals surface area contributed by atoms with Gasteiger partial charge in [-0.2, -0.15) is 0 Å². The molecule has 1 fully saturated rings. The smallest absolute Gasteiger partial charge is 0.240 e. The van der Waals surface area contributed by atoms with Crippen molar-refractivity contribution in [2.75, 3.05) is 13.1 Å². The van der Waals surface area contributed by atoms with Crippen LogP contribution in [-0.2, 0) is 9.59 Å². The van der Waals surface area contributed by atoms with Crippen LogP contribution >= 0.6 is 0 Å². The lowest BCUT2D eigenvalue weighted by Crippen LogP contribution is -2.57. The summed E-state index contributed by atoms with van der Waals surface area (Å²) in [4.78, 5) is 23.4. The van der Waals surface area contributed by atoms with E-state index in [0.29, 0.717) is 19.0 Å². The fourth-order valence-corrected chi connectivity index (χ4v) is 2.54. The summed E-state index contributed by atoms with van der Waals surface area (Å²) in [5.41, 5.74) is 5.46. The van der Waals surface area contributed by atoms with Crippen LogP contribution < -0.4 is 16.4 Å². The van der Waals surface area contributed by atoms with Gasteiger partial charge in [0.25, 0.3) is 0 Å². The Bertz CT molecular complexity index is 331. The predicted octanol–water partition coefficient (Wildman–Crippen LogP) is 0.782. The van der Waals surface area contributed by atoms with Crippen molar-refractivity contribution in [3.8, 4) is 0 Å². The van der Waals surface area contributed by atoms with Crippen molar-refractivity contribution in [3.63, 3.8) is 0 Å². The zero-order chi connectivity index (χ0) is 14.5. The van der Waals surface area contributed by atoms with Crippen LogP contribution in [0.15, 0.2) is 0 Å². The van der Waals surface area contributed by atoms with E-state index in [4.69, 9.17) is 5.73 Å². The van der Waals surface area contributed by atoms with Crippen molar-refractivity contribution in [2.45, 2.75) is 52.0 Å². The Hall–Kier alpha value is -1.10. The average Bonchev–Trinajstić information content (AvgIpc) is 2.33. The molecule has 4 N–H and O–H groups in total. The molecule has 0 spiro atoms. The van der Waals surface area contributed by atoms with Gasteiger partial charge in [0.2, 0.25) is 11.8 Å². The number of rotatable bonds is 5. The van der Waals surface area contributed by atoms with Crippen LogP contribution in [0.1, 0.15) is 46.5 Å². The van der Waals surface area contributed by atoms with Crippen molar-refractivity contribution in [2.24, 2.45) is 17.6 Å². The number of carbonyl (C=O) groups is 2. The Labute approximate surface area is 115 Å². The number of nitrogens with two attached hydrogens (primary N) is 1. The highest BCUT2D eigenvalue weighted by Crippen LogP contribution is 2.30. The second-order valence-corrected chi connectivity index (χ2v) is 6.06. The minimum atomic E-state index is -0.722. The molecule has 1 rings (SSSR count). The van der Waals surface area contributed by atoms with Crippen molar-refractivity contribution in [1.29, 1.82) is 0 Å². The third kappa shape index (κ3) is 4.82. The maximum Gasteiger partial charge on any atom is 0.240 e. The summed E-state index contributed by atoms with van der Waals surface area (Å²) < 4.78 is 0. The number of hydrogen-bond donors (Lipinski definition) is 3. The largest absolute Gasteiger partial charge is 0.354 e. The fraction of sp³-hybridized carbons (Fsp3) is 0.857. The molecule has 0 saturated heterocycles. The number of hydrogen-bond acceptors (Lipinski definition) is 3. The summed E-state index contributed by atoms with van der Waals surface area (Å²) in [5, 5.41) is 5.60. The van der Waals surface area contributed by atoms with Crippen LogP contribution in [0.2, 0.25) is 0 Å². The summed E-state index contributed by atoms with van der Waals surface area (Å²) in [6.45, 7) is 6.70. The molecule has 0 bridgehead atoms. The molecule has 0 radical (unpaired) electrons. The van der Waals surface area contributed by atoms with Crippen molar-refractivity contribution in [3.05, 3.63) is 0 Å². The van der Waals surface area contributed by atoms with Gasteiger partial charge in [-0.05, 0) is 18.8 Å². The van der Waals surface area contributed by atoms with E-state index >= 15 is 0 Å². The van der Waals surface area contributed by atoms with Crippen LogP contribution in [0.25, 0.3) is 0 Å². The number of nitrogens with one attached hydrogen (secondary N) is 2. The lowest BCUT2D eigenvalue weighted by atomic mass is 9.76. The zero-order valence-electron chi connectivity index (χ0n) is 12.3. The quantitative estimate of drug-likeness (QED) is 0.645. The van der Waals surface area contributed by atoms with Gasteiger partial charge in [-0.25, -0.2) is 0 Å². The van der Waals surface area contributed by atoms with E-state index in [9.17, 15) is 9.59 Å². The fourth-order valence-electron chi connectivity index (χ4n) is 2.54. The van der Waals surface area contributed by atoms with Gasteiger partial charge in [0.05, 0.1) is 5.54 Å². The number of carbonyl (C=O) groups excluding carboxylic acids is 2. The van der Waals surface area contributed by atoms with E-state index in [0.717, 1.165) is 25.7 Å². The Morgan fingerprint density at radius 2 is 1.95 bits per heavy atom. The molecule has 5 nitrogen and oxygen atoms in total.